The van der Waals surface area contributed by atoms with Crippen molar-refractivity contribution in [2.75, 3.05) is 32.8 Å². The molecule has 2 N–H and O–H groups in total. The highest BCUT2D eigenvalue weighted by molar-refractivity contribution is 4.62. The van der Waals surface area contributed by atoms with Gasteiger partial charge in [0.05, 0.1) is 0 Å². The first kappa shape index (κ1) is 13.9. The average molecular weight is 202 g/mol. The number of hydrogen-bond acceptors (Lipinski definition) is 3. The summed E-state index contributed by atoms with van der Waals surface area (Å²) in [6, 6.07) is 0.571. The summed E-state index contributed by atoms with van der Waals surface area (Å²) in [4.78, 5) is 0. The van der Waals surface area contributed by atoms with Gasteiger partial charge in [-0.05, 0) is 39.8 Å². The van der Waals surface area contributed by atoms with E-state index in [1.165, 1.54) is 6.42 Å². The molecule has 0 rings (SSSR count). The van der Waals surface area contributed by atoms with Crippen molar-refractivity contribution in [2.45, 2.75) is 39.7 Å². The maximum Gasteiger partial charge on any atom is 0.0466 e. The Morgan fingerprint density at radius 2 is 2.00 bits per heavy atom. The summed E-state index contributed by atoms with van der Waals surface area (Å²) in [6.07, 6.45) is 2.37. The predicted molar refractivity (Wildman–Crippen MR) is 61.7 cm³/mol. The quantitative estimate of drug-likeness (QED) is 0.525. The molecule has 1 unspecified atom stereocenters. The van der Waals surface area contributed by atoms with Gasteiger partial charge in [-0.25, -0.2) is 0 Å². The number of nitrogens with one attached hydrogen (secondary N) is 2. The lowest BCUT2D eigenvalue weighted by Crippen LogP contribution is -2.36. The standard InChI is InChI=1S/C11H26N2O/c1-4-12-10-11(3)13-8-6-7-9-14-5-2/h11-13H,4-10H2,1-3H3. The molecular formula is C11H26N2O. The first-order valence-electron chi connectivity index (χ1n) is 5.83. The van der Waals surface area contributed by atoms with Gasteiger partial charge in [0.25, 0.3) is 0 Å². The maximum atomic E-state index is 5.27. The third kappa shape index (κ3) is 9.96. The SMILES string of the molecule is CCNCC(C)NCCCCOCC. The van der Waals surface area contributed by atoms with Crippen LogP contribution in [0.5, 0.6) is 0 Å². The topological polar surface area (TPSA) is 33.3 Å². The summed E-state index contributed by atoms with van der Waals surface area (Å²) in [5, 5.41) is 6.80. The van der Waals surface area contributed by atoms with Crippen LogP contribution in [0.25, 0.3) is 0 Å². The highest BCUT2D eigenvalue weighted by Gasteiger charge is 1.98. The molecule has 3 heteroatoms. The predicted octanol–water partition coefficient (Wildman–Crippen LogP) is 1.39. The number of hydrogen-bond donors (Lipinski definition) is 2. The maximum absolute atomic E-state index is 5.27. The van der Waals surface area contributed by atoms with Gasteiger partial charge in [-0.3, -0.25) is 0 Å². The van der Waals surface area contributed by atoms with Crippen LogP contribution in [0.2, 0.25) is 0 Å². The summed E-state index contributed by atoms with van der Waals surface area (Å²) >= 11 is 0. The molecule has 0 aliphatic carbocycles. The van der Waals surface area contributed by atoms with Crippen LogP contribution in [0.15, 0.2) is 0 Å². The van der Waals surface area contributed by atoms with Crippen LogP contribution in [0.4, 0.5) is 0 Å². The Morgan fingerprint density at radius 3 is 2.64 bits per heavy atom. The van der Waals surface area contributed by atoms with Crippen molar-refractivity contribution in [2.24, 2.45) is 0 Å². The van der Waals surface area contributed by atoms with Crippen molar-refractivity contribution in [3.63, 3.8) is 0 Å². The molecule has 86 valence electrons. The van der Waals surface area contributed by atoms with E-state index in [1.54, 1.807) is 0 Å². The molecule has 0 saturated heterocycles. The van der Waals surface area contributed by atoms with Crippen LogP contribution in [0.1, 0.15) is 33.6 Å². The molecule has 0 spiro atoms. The van der Waals surface area contributed by atoms with E-state index in [-0.39, 0.29) is 0 Å². The second-order valence-corrected chi connectivity index (χ2v) is 3.57. The van der Waals surface area contributed by atoms with Crippen molar-refractivity contribution in [1.29, 1.82) is 0 Å². The second-order valence-electron chi connectivity index (χ2n) is 3.57. The third-order valence-corrected chi connectivity index (χ3v) is 2.11. The van der Waals surface area contributed by atoms with Crippen LogP contribution >= 0.6 is 0 Å². The number of likely N-dealkylation sites (N-methyl/N-ethyl adjacent to an activating group) is 1. The molecule has 3 nitrogen and oxygen atoms in total. The summed E-state index contributed by atoms with van der Waals surface area (Å²) in [5.74, 6) is 0. The van der Waals surface area contributed by atoms with E-state index in [0.29, 0.717) is 6.04 Å². The van der Waals surface area contributed by atoms with Gasteiger partial charge in [-0.1, -0.05) is 6.92 Å². The minimum absolute atomic E-state index is 0.571. The highest BCUT2D eigenvalue weighted by atomic mass is 16.5. The summed E-state index contributed by atoms with van der Waals surface area (Å²) in [7, 11) is 0. The van der Waals surface area contributed by atoms with Crippen molar-refractivity contribution < 1.29 is 4.74 Å². The van der Waals surface area contributed by atoms with E-state index < -0.39 is 0 Å². The van der Waals surface area contributed by atoms with Gasteiger partial charge in [0.15, 0.2) is 0 Å². The van der Waals surface area contributed by atoms with Gasteiger partial charge in [0.2, 0.25) is 0 Å². The molecule has 14 heavy (non-hydrogen) atoms. The molecule has 0 heterocycles. The number of unbranched alkanes of at least 4 members (excludes halogenated alkanes) is 1. The van der Waals surface area contributed by atoms with E-state index in [9.17, 15) is 0 Å². The monoisotopic (exact) mass is 202 g/mol. The first-order chi connectivity index (χ1) is 6.81. The molecule has 0 amide bonds. The lowest BCUT2D eigenvalue weighted by atomic mass is 10.3. The average Bonchev–Trinajstić information content (AvgIpc) is 2.20. The van der Waals surface area contributed by atoms with Gasteiger partial charge in [0, 0.05) is 25.8 Å². The van der Waals surface area contributed by atoms with E-state index in [4.69, 9.17) is 4.74 Å². The normalized spacial score (nSPS) is 13.1. The Bertz CT molecular complexity index is 109. The van der Waals surface area contributed by atoms with Crippen LogP contribution in [0.3, 0.4) is 0 Å². The largest absolute Gasteiger partial charge is 0.382 e. The minimum atomic E-state index is 0.571. The fraction of sp³-hybridized carbons (Fsp3) is 1.00. The molecule has 0 radical (unpaired) electrons. The zero-order chi connectivity index (χ0) is 10.6. The van der Waals surface area contributed by atoms with Gasteiger partial charge in [0.1, 0.15) is 0 Å². The van der Waals surface area contributed by atoms with Crippen LogP contribution in [-0.2, 0) is 4.74 Å². The third-order valence-electron chi connectivity index (χ3n) is 2.11. The molecule has 0 aromatic carbocycles. The Hall–Kier alpha value is -0.120. The second kappa shape index (κ2) is 11.0. The smallest absolute Gasteiger partial charge is 0.0466 e. The number of rotatable bonds is 10. The van der Waals surface area contributed by atoms with Crippen molar-refractivity contribution in [3.8, 4) is 0 Å². The molecule has 0 aliphatic rings. The molecule has 0 fully saturated rings. The Kier molecular flexibility index (Phi) is 10.9. The summed E-state index contributed by atoms with van der Waals surface area (Å²) in [5.41, 5.74) is 0. The van der Waals surface area contributed by atoms with Gasteiger partial charge in [-0.2, -0.15) is 0 Å². The fourth-order valence-electron chi connectivity index (χ4n) is 1.25. The van der Waals surface area contributed by atoms with E-state index in [2.05, 4.69) is 24.5 Å². The van der Waals surface area contributed by atoms with Crippen LogP contribution in [-0.4, -0.2) is 38.9 Å². The summed E-state index contributed by atoms with van der Waals surface area (Å²) in [6.45, 7) is 11.3. The summed E-state index contributed by atoms with van der Waals surface area (Å²) < 4.78 is 5.27. The Morgan fingerprint density at radius 1 is 1.21 bits per heavy atom. The van der Waals surface area contributed by atoms with E-state index >= 15 is 0 Å². The number of ether oxygens (including phenoxy) is 1. The molecule has 0 aromatic rings. The Labute approximate surface area is 88.6 Å². The molecular weight excluding hydrogens is 176 g/mol. The van der Waals surface area contributed by atoms with Crippen molar-refractivity contribution in [1.82, 2.24) is 10.6 Å². The van der Waals surface area contributed by atoms with Crippen LogP contribution < -0.4 is 10.6 Å². The highest BCUT2D eigenvalue weighted by Crippen LogP contribution is 1.89. The molecule has 0 aliphatic heterocycles. The fourth-order valence-corrected chi connectivity index (χ4v) is 1.25. The molecule has 0 saturated carbocycles. The minimum Gasteiger partial charge on any atom is -0.382 e. The molecule has 0 aromatic heterocycles. The zero-order valence-corrected chi connectivity index (χ0v) is 9.94. The molecule has 0 bridgehead atoms. The van der Waals surface area contributed by atoms with Gasteiger partial charge < -0.3 is 15.4 Å². The Balaban J connectivity index is 3.02. The van der Waals surface area contributed by atoms with Crippen LogP contribution in [0, 0.1) is 0 Å². The van der Waals surface area contributed by atoms with Gasteiger partial charge >= 0.3 is 0 Å². The van der Waals surface area contributed by atoms with Crippen molar-refractivity contribution in [3.05, 3.63) is 0 Å². The van der Waals surface area contributed by atoms with E-state index in [1.807, 2.05) is 6.92 Å². The van der Waals surface area contributed by atoms with Crippen molar-refractivity contribution >= 4 is 0 Å². The zero-order valence-electron chi connectivity index (χ0n) is 9.94. The van der Waals surface area contributed by atoms with E-state index in [0.717, 1.165) is 39.3 Å². The molecule has 1 atom stereocenters. The first-order valence-corrected chi connectivity index (χ1v) is 5.83. The van der Waals surface area contributed by atoms with Gasteiger partial charge in [-0.15, -0.1) is 0 Å². The lowest BCUT2D eigenvalue weighted by Gasteiger charge is -2.13. The lowest BCUT2D eigenvalue weighted by molar-refractivity contribution is 0.143.